The maximum absolute atomic E-state index is 12.6. The Labute approximate surface area is 119 Å². The number of nitrogens with one attached hydrogen (secondary N) is 1. The number of carbonyl (C=O) groups is 1. The van der Waals surface area contributed by atoms with Gasteiger partial charge in [0.15, 0.2) is 0 Å². The second kappa shape index (κ2) is 4.94. The Hall–Kier alpha value is -1.81. The van der Waals surface area contributed by atoms with E-state index < -0.39 is 5.54 Å². The molecule has 4 heteroatoms. The number of benzene rings is 1. The van der Waals surface area contributed by atoms with Crippen molar-refractivity contribution in [3.05, 3.63) is 40.1 Å². The summed E-state index contributed by atoms with van der Waals surface area (Å²) in [6.07, 6.45) is 0. The van der Waals surface area contributed by atoms with Crippen molar-refractivity contribution in [3.8, 4) is 0 Å². The van der Waals surface area contributed by atoms with E-state index in [1.807, 2.05) is 32.9 Å². The largest absolute Gasteiger partial charge is 0.873 e. The molecule has 0 saturated heterocycles. The zero-order valence-electron chi connectivity index (χ0n) is 12.6. The summed E-state index contributed by atoms with van der Waals surface area (Å²) in [7, 11) is 1.52. The van der Waals surface area contributed by atoms with Crippen LogP contribution in [0.15, 0.2) is 17.9 Å². The first kappa shape index (κ1) is 14.6. The van der Waals surface area contributed by atoms with Gasteiger partial charge in [-0.15, -0.1) is 0 Å². The molecule has 2 rings (SSSR count). The van der Waals surface area contributed by atoms with Crippen LogP contribution in [0.4, 0.5) is 0 Å². The van der Waals surface area contributed by atoms with Crippen LogP contribution in [0.25, 0.3) is 5.57 Å². The van der Waals surface area contributed by atoms with E-state index in [0.29, 0.717) is 0 Å². The number of hydrogen-bond acceptors (Lipinski definition) is 3. The van der Waals surface area contributed by atoms with Gasteiger partial charge in [0.05, 0.1) is 12.1 Å². The van der Waals surface area contributed by atoms with Crippen molar-refractivity contribution in [3.63, 3.8) is 0 Å². The summed E-state index contributed by atoms with van der Waals surface area (Å²) in [6, 6.07) is 3.98. The predicted octanol–water partition coefficient (Wildman–Crippen LogP) is 1.22. The topological polar surface area (TPSA) is 61.4 Å². The molecular weight excluding hydrogens is 254 g/mol. The highest BCUT2D eigenvalue weighted by atomic mass is 16.5. The number of carbonyl (C=O) groups excluding carboxylic acids is 1. The number of amides is 1. The molecule has 1 aromatic carbocycles. The van der Waals surface area contributed by atoms with Crippen molar-refractivity contribution in [1.82, 2.24) is 5.32 Å². The first-order valence-electron chi connectivity index (χ1n) is 6.61. The zero-order valence-corrected chi connectivity index (χ0v) is 12.6. The fraction of sp³-hybridized carbons (Fsp3) is 0.438. The van der Waals surface area contributed by atoms with Crippen molar-refractivity contribution in [2.45, 2.75) is 33.2 Å². The molecule has 0 fully saturated rings. The van der Waals surface area contributed by atoms with Crippen molar-refractivity contribution in [1.29, 1.82) is 0 Å². The van der Waals surface area contributed by atoms with Gasteiger partial charge in [-0.1, -0.05) is 23.5 Å². The van der Waals surface area contributed by atoms with Gasteiger partial charge in [0, 0.05) is 12.7 Å². The van der Waals surface area contributed by atoms with E-state index in [1.54, 1.807) is 6.92 Å². The number of ether oxygens (including phenoxy) is 1. The van der Waals surface area contributed by atoms with Gasteiger partial charge in [-0.2, -0.15) is 0 Å². The smallest absolute Gasteiger partial charge is 0.251 e. The van der Waals surface area contributed by atoms with Gasteiger partial charge in [-0.3, -0.25) is 4.79 Å². The van der Waals surface area contributed by atoms with E-state index in [9.17, 15) is 9.90 Å². The van der Waals surface area contributed by atoms with Crippen LogP contribution in [0.3, 0.4) is 0 Å². The van der Waals surface area contributed by atoms with Gasteiger partial charge in [0.25, 0.3) is 5.91 Å². The Morgan fingerprint density at radius 3 is 2.30 bits per heavy atom. The van der Waals surface area contributed by atoms with Crippen LogP contribution in [-0.2, 0) is 9.53 Å². The van der Waals surface area contributed by atoms with E-state index in [2.05, 4.69) is 5.32 Å². The molecule has 108 valence electrons. The maximum atomic E-state index is 12.6. The van der Waals surface area contributed by atoms with Crippen LogP contribution in [0.1, 0.15) is 29.2 Å². The monoisotopic (exact) mass is 274 g/mol. The van der Waals surface area contributed by atoms with E-state index in [1.165, 1.54) is 7.11 Å². The Morgan fingerprint density at radius 2 is 1.80 bits per heavy atom. The predicted molar refractivity (Wildman–Crippen MR) is 76.0 cm³/mol. The molecule has 0 saturated carbocycles. The molecule has 1 N–H and O–H groups in total. The number of aryl methyl sites for hydroxylation is 3. The minimum Gasteiger partial charge on any atom is -0.873 e. The summed E-state index contributed by atoms with van der Waals surface area (Å²) >= 11 is 0. The normalized spacial score (nSPS) is 22.4. The molecule has 0 bridgehead atoms. The highest BCUT2D eigenvalue weighted by Gasteiger charge is 2.37. The number of rotatable bonds is 3. The molecule has 1 unspecified atom stereocenters. The number of hydrogen-bond donors (Lipinski definition) is 1. The lowest BCUT2D eigenvalue weighted by Crippen LogP contribution is -2.48. The Bertz CT molecular complexity index is 581. The first-order valence-corrected chi connectivity index (χ1v) is 6.61. The molecule has 0 radical (unpaired) electrons. The average Bonchev–Trinajstić information content (AvgIpc) is 2.52. The van der Waals surface area contributed by atoms with Crippen LogP contribution < -0.4 is 10.4 Å². The fourth-order valence-corrected chi connectivity index (χ4v) is 2.94. The molecule has 1 heterocycles. The first-order chi connectivity index (χ1) is 9.30. The summed E-state index contributed by atoms with van der Waals surface area (Å²) in [5.74, 6) is -0.510. The van der Waals surface area contributed by atoms with E-state index in [-0.39, 0.29) is 23.8 Å². The highest BCUT2D eigenvalue weighted by molar-refractivity contribution is 6.23. The molecule has 1 aliphatic heterocycles. The van der Waals surface area contributed by atoms with E-state index in [4.69, 9.17) is 4.74 Å². The Balaban J connectivity index is 2.63. The lowest BCUT2D eigenvalue weighted by Gasteiger charge is -2.31. The summed E-state index contributed by atoms with van der Waals surface area (Å²) in [5, 5.41) is 15.4. The molecule has 0 aromatic heterocycles. The summed E-state index contributed by atoms with van der Waals surface area (Å²) in [6.45, 7) is 7.72. The van der Waals surface area contributed by atoms with Crippen LogP contribution in [0, 0.1) is 20.8 Å². The van der Waals surface area contributed by atoms with Crippen molar-refractivity contribution in [2.75, 3.05) is 13.7 Å². The third-order valence-corrected chi connectivity index (χ3v) is 3.70. The Morgan fingerprint density at radius 1 is 1.25 bits per heavy atom. The molecule has 1 amide bonds. The minimum absolute atomic E-state index is 0.172. The summed E-state index contributed by atoms with van der Waals surface area (Å²) in [4.78, 5) is 12.2. The SMILES string of the molecule is COCC1(C)NC(=O)C(c2c(C)cc(C)cc2C)=C1[O-]. The molecule has 1 atom stereocenters. The quantitative estimate of drug-likeness (QED) is 0.901. The molecular formula is C16H20NO3-. The summed E-state index contributed by atoms with van der Waals surface area (Å²) < 4.78 is 5.06. The van der Waals surface area contributed by atoms with Gasteiger partial charge in [0.2, 0.25) is 0 Å². The second-order valence-electron chi connectivity index (χ2n) is 5.70. The molecule has 1 aromatic rings. The van der Waals surface area contributed by atoms with Crippen molar-refractivity contribution >= 4 is 11.5 Å². The van der Waals surface area contributed by atoms with Crippen LogP contribution >= 0.6 is 0 Å². The van der Waals surface area contributed by atoms with Crippen LogP contribution in [0.5, 0.6) is 0 Å². The zero-order chi connectivity index (χ0) is 15.1. The van der Waals surface area contributed by atoms with Crippen molar-refractivity contribution < 1.29 is 14.6 Å². The van der Waals surface area contributed by atoms with Crippen molar-refractivity contribution in [2.24, 2.45) is 0 Å². The second-order valence-corrected chi connectivity index (χ2v) is 5.70. The van der Waals surface area contributed by atoms with E-state index >= 15 is 0 Å². The highest BCUT2D eigenvalue weighted by Crippen LogP contribution is 2.34. The van der Waals surface area contributed by atoms with Crippen LogP contribution in [-0.4, -0.2) is 25.2 Å². The third-order valence-electron chi connectivity index (χ3n) is 3.70. The molecule has 1 aliphatic rings. The van der Waals surface area contributed by atoms with Gasteiger partial charge < -0.3 is 15.2 Å². The van der Waals surface area contributed by atoms with E-state index in [0.717, 1.165) is 22.3 Å². The third kappa shape index (κ3) is 2.20. The minimum atomic E-state index is -0.967. The lowest BCUT2D eigenvalue weighted by atomic mass is 9.91. The summed E-state index contributed by atoms with van der Waals surface area (Å²) in [5.41, 5.74) is 3.04. The average molecular weight is 274 g/mol. The van der Waals surface area contributed by atoms with Crippen LogP contribution in [0.2, 0.25) is 0 Å². The van der Waals surface area contributed by atoms with Gasteiger partial charge in [0.1, 0.15) is 0 Å². The standard InChI is InChI=1S/C16H21NO3/c1-9-6-10(2)12(11(3)7-9)13-14(18)16(4,8-20-5)17-15(13)19/h6-7,18H,8H2,1-5H3,(H,17,19)/p-1. The lowest BCUT2D eigenvalue weighted by molar-refractivity contribution is -0.316. The molecule has 0 aliphatic carbocycles. The molecule has 4 nitrogen and oxygen atoms in total. The van der Waals surface area contributed by atoms with Gasteiger partial charge in [-0.05, 0) is 44.4 Å². The molecule has 0 spiro atoms. The molecule has 20 heavy (non-hydrogen) atoms. The number of methoxy groups -OCH3 is 1. The maximum Gasteiger partial charge on any atom is 0.251 e. The fourth-order valence-electron chi connectivity index (χ4n) is 2.94. The van der Waals surface area contributed by atoms with Gasteiger partial charge >= 0.3 is 0 Å². The van der Waals surface area contributed by atoms with Gasteiger partial charge in [-0.25, -0.2) is 0 Å². The Kier molecular flexibility index (Phi) is 3.61.